The van der Waals surface area contributed by atoms with E-state index in [0.717, 1.165) is 12.0 Å². The van der Waals surface area contributed by atoms with Crippen LogP contribution in [0.25, 0.3) is 0 Å². The summed E-state index contributed by atoms with van der Waals surface area (Å²) >= 11 is 0. The minimum atomic E-state index is -3.75. The number of nitrogens with zero attached hydrogens (tertiary/aromatic N) is 2. The van der Waals surface area contributed by atoms with Gasteiger partial charge in [0.1, 0.15) is 0 Å². The molecule has 1 N–H and O–H groups in total. The Labute approximate surface area is 179 Å². The minimum absolute atomic E-state index is 0.160. The molecule has 1 fully saturated rings. The molecule has 0 bridgehead atoms. The second kappa shape index (κ2) is 9.05. The van der Waals surface area contributed by atoms with Crippen molar-refractivity contribution in [1.29, 1.82) is 0 Å². The van der Waals surface area contributed by atoms with E-state index >= 15 is 0 Å². The van der Waals surface area contributed by atoms with Gasteiger partial charge in [-0.15, -0.1) is 0 Å². The zero-order valence-electron chi connectivity index (χ0n) is 17.6. The molecule has 2 aromatic carbocycles. The third kappa shape index (κ3) is 5.03. The van der Waals surface area contributed by atoms with Crippen LogP contribution < -0.4 is 4.72 Å². The number of hydrogen-bond acceptors (Lipinski definition) is 5. The van der Waals surface area contributed by atoms with Crippen molar-refractivity contribution in [3.63, 3.8) is 0 Å². The summed E-state index contributed by atoms with van der Waals surface area (Å²) in [6.45, 7) is 6.45. The van der Waals surface area contributed by atoms with Gasteiger partial charge in [-0.3, -0.25) is 4.72 Å². The SMILES string of the molecule is CC[C@H](C)c1ccc(S(=O)(=O)Nc2ccc(S(=O)(=O)N3CCN(C)CC3)cc2)cc1. The topological polar surface area (TPSA) is 86.8 Å². The summed E-state index contributed by atoms with van der Waals surface area (Å²) in [5, 5.41) is 0. The molecule has 1 saturated heterocycles. The summed E-state index contributed by atoms with van der Waals surface area (Å²) in [6, 6.07) is 12.7. The van der Waals surface area contributed by atoms with Crippen LogP contribution in [0.1, 0.15) is 31.7 Å². The summed E-state index contributed by atoms with van der Waals surface area (Å²) in [4.78, 5) is 2.41. The van der Waals surface area contributed by atoms with E-state index in [4.69, 9.17) is 0 Å². The highest BCUT2D eigenvalue weighted by Gasteiger charge is 2.27. The van der Waals surface area contributed by atoms with Gasteiger partial charge in [0.2, 0.25) is 10.0 Å². The Bertz CT molecular complexity index is 1060. The molecule has 0 amide bonds. The zero-order valence-corrected chi connectivity index (χ0v) is 19.2. The first-order valence-corrected chi connectivity index (χ1v) is 13.0. The van der Waals surface area contributed by atoms with Gasteiger partial charge in [-0.05, 0) is 61.3 Å². The van der Waals surface area contributed by atoms with Gasteiger partial charge in [0.15, 0.2) is 0 Å². The Morgan fingerprint density at radius 1 is 0.867 bits per heavy atom. The van der Waals surface area contributed by atoms with Crippen molar-refractivity contribution in [2.24, 2.45) is 0 Å². The van der Waals surface area contributed by atoms with Gasteiger partial charge in [-0.25, -0.2) is 16.8 Å². The van der Waals surface area contributed by atoms with E-state index in [2.05, 4.69) is 23.5 Å². The largest absolute Gasteiger partial charge is 0.304 e. The quantitative estimate of drug-likeness (QED) is 0.699. The lowest BCUT2D eigenvalue weighted by Gasteiger charge is -2.31. The maximum Gasteiger partial charge on any atom is 0.261 e. The van der Waals surface area contributed by atoms with Crippen molar-refractivity contribution in [3.8, 4) is 0 Å². The van der Waals surface area contributed by atoms with E-state index in [0.29, 0.717) is 37.8 Å². The summed E-state index contributed by atoms with van der Waals surface area (Å²) < 4.78 is 54.9. The van der Waals surface area contributed by atoms with Crippen molar-refractivity contribution >= 4 is 25.7 Å². The molecule has 0 aliphatic carbocycles. The van der Waals surface area contributed by atoms with Gasteiger partial charge in [-0.1, -0.05) is 26.0 Å². The molecule has 0 aromatic heterocycles. The minimum Gasteiger partial charge on any atom is -0.304 e. The fourth-order valence-corrected chi connectivity index (χ4v) is 5.78. The molecular formula is C21H29N3O4S2. The van der Waals surface area contributed by atoms with E-state index in [9.17, 15) is 16.8 Å². The van der Waals surface area contributed by atoms with E-state index < -0.39 is 20.0 Å². The number of sulfonamides is 2. The van der Waals surface area contributed by atoms with Crippen molar-refractivity contribution < 1.29 is 16.8 Å². The number of piperazine rings is 1. The lowest BCUT2D eigenvalue weighted by molar-refractivity contribution is 0.222. The molecule has 0 unspecified atom stereocenters. The first-order chi connectivity index (χ1) is 14.1. The first kappa shape index (κ1) is 22.7. The van der Waals surface area contributed by atoms with Gasteiger partial charge >= 0.3 is 0 Å². The summed E-state index contributed by atoms with van der Waals surface area (Å²) in [5.74, 6) is 0.365. The fraction of sp³-hybridized carbons (Fsp3) is 0.429. The Morgan fingerprint density at radius 3 is 1.93 bits per heavy atom. The molecule has 7 nitrogen and oxygen atoms in total. The second-order valence-corrected chi connectivity index (χ2v) is 11.3. The molecule has 1 aliphatic heterocycles. The van der Waals surface area contributed by atoms with Crippen molar-refractivity contribution in [2.75, 3.05) is 37.9 Å². The van der Waals surface area contributed by atoms with Crippen molar-refractivity contribution in [2.45, 2.75) is 36.0 Å². The van der Waals surface area contributed by atoms with Crippen LogP contribution in [0, 0.1) is 0 Å². The highest BCUT2D eigenvalue weighted by atomic mass is 32.2. The van der Waals surface area contributed by atoms with Gasteiger partial charge < -0.3 is 4.90 Å². The number of anilines is 1. The molecule has 3 rings (SSSR count). The van der Waals surface area contributed by atoms with Crippen LogP contribution in [0.3, 0.4) is 0 Å². The van der Waals surface area contributed by atoms with Gasteiger partial charge in [0.25, 0.3) is 10.0 Å². The average molecular weight is 452 g/mol. The molecular weight excluding hydrogens is 422 g/mol. The monoisotopic (exact) mass is 451 g/mol. The van der Waals surface area contributed by atoms with Crippen LogP contribution in [-0.4, -0.2) is 59.3 Å². The van der Waals surface area contributed by atoms with Gasteiger partial charge in [0.05, 0.1) is 9.79 Å². The fourth-order valence-electron chi connectivity index (χ4n) is 3.30. The van der Waals surface area contributed by atoms with Crippen LogP contribution in [0.5, 0.6) is 0 Å². The Balaban J connectivity index is 1.73. The number of rotatable bonds is 7. The molecule has 164 valence electrons. The Kier molecular flexibility index (Phi) is 6.86. The maximum absolute atomic E-state index is 12.8. The van der Waals surface area contributed by atoms with Crippen LogP contribution in [0.2, 0.25) is 0 Å². The molecule has 0 radical (unpaired) electrons. The predicted octanol–water partition coefficient (Wildman–Crippen LogP) is 2.94. The van der Waals surface area contributed by atoms with Gasteiger partial charge in [-0.2, -0.15) is 4.31 Å². The third-order valence-corrected chi connectivity index (χ3v) is 8.89. The molecule has 9 heteroatoms. The first-order valence-electron chi connectivity index (χ1n) is 10.0. The summed E-state index contributed by atoms with van der Waals surface area (Å²) in [6.07, 6.45) is 0.980. The Morgan fingerprint density at radius 2 is 1.40 bits per heavy atom. The van der Waals surface area contributed by atoms with Gasteiger partial charge in [0, 0.05) is 31.9 Å². The lowest BCUT2D eigenvalue weighted by Crippen LogP contribution is -2.46. The predicted molar refractivity (Wildman–Crippen MR) is 119 cm³/mol. The molecule has 2 aromatic rings. The molecule has 0 saturated carbocycles. The van der Waals surface area contributed by atoms with E-state index in [1.165, 1.54) is 28.6 Å². The number of hydrogen-bond donors (Lipinski definition) is 1. The zero-order chi connectivity index (χ0) is 21.9. The lowest BCUT2D eigenvalue weighted by atomic mass is 9.99. The van der Waals surface area contributed by atoms with E-state index in [-0.39, 0.29) is 9.79 Å². The highest BCUT2D eigenvalue weighted by molar-refractivity contribution is 7.92. The average Bonchev–Trinajstić information content (AvgIpc) is 2.73. The van der Waals surface area contributed by atoms with Crippen LogP contribution >= 0.6 is 0 Å². The number of nitrogens with one attached hydrogen (secondary N) is 1. The second-order valence-electron chi connectivity index (χ2n) is 7.72. The summed E-state index contributed by atoms with van der Waals surface area (Å²) in [7, 11) is -5.38. The van der Waals surface area contributed by atoms with Crippen LogP contribution in [0.15, 0.2) is 58.3 Å². The van der Waals surface area contributed by atoms with Crippen molar-refractivity contribution in [3.05, 3.63) is 54.1 Å². The van der Waals surface area contributed by atoms with E-state index in [1.807, 2.05) is 19.2 Å². The normalized spacial score (nSPS) is 17.6. The molecule has 1 aliphatic rings. The molecule has 1 atom stereocenters. The third-order valence-electron chi connectivity index (χ3n) is 5.58. The van der Waals surface area contributed by atoms with Crippen LogP contribution in [0.4, 0.5) is 5.69 Å². The standard InChI is InChI=1S/C21H29N3O4S2/c1-4-17(2)18-5-9-20(10-6-18)29(25,26)22-19-7-11-21(12-8-19)30(27,28)24-15-13-23(3)14-16-24/h5-12,17,22H,4,13-16H2,1-3H3/t17-/m0/s1. The molecule has 1 heterocycles. The van der Waals surface area contributed by atoms with E-state index in [1.54, 1.807) is 12.1 Å². The highest BCUT2D eigenvalue weighted by Crippen LogP contribution is 2.24. The Hall–Kier alpha value is -1.94. The summed E-state index contributed by atoms with van der Waals surface area (Å²) in [5.41, 5.74) is 1.41. The molecule has 30 heavy (non-hydrogen) atoms. The van der Waals surface area contributed by atoms with Crippen LogP contribution in [-0.2, 0) is 20.0 Å². The number of benzene rings is 2. The number of likely N-dealkylation sites (N-methyl/N-ethyl adjacent to an activating group) is 1. The smallest absolute Gasteiger partial charge is 0.261 e. The van der Waals surface area contributed by atoms with Crippen molar-refractivity contribution in [1.82, 2.24) is 9.21 Å². The molecule has 0 spiro atoms. The maximum atomic E-state index is 12.8.